The van der Waals surface area contributed by atoms with Crippen LogP contribution < -0.4 is 0 Å². The highest BCUT2D eigenvalue weighted by Crippen LogP contribution is 2.45. The number of aliphatic hydroxyl groups is 1. The highest BCUT2D eigenvalue weighted by molar-refractivity contribution is 6.42. The highest BCUT2D eigenvalue weighted by atomic mass is 35.5. The van der Waals surface area contributed by atoms with Gasteiger partial charge in [-0.05, 0) is 25.3 Å². The minimum atomic E-state index is -0.720. The zero-order valence-electron chi connectivity index (χ0n) is 7.06. The first-order valence-electron chi connectivity index (χ1n) is 4.30. The van der Waals surface area contributed by atoms with Gasteiger partial charge < -0.3 is 5.11 Å². The average molecular weight is 217 g/mol. The van der Waals surface area contributed by atoms with Crippen molar-refractivity contribution < 1.29 is 5.11 Å². The average Bonchev–Trinajstić information content (AvgIpc) is 2.06. The van der Waals surface area contributed by atoms with Crippen LogP contribution in [0.4, 0.5) is 0 Å². The Morgan fingerprint density at radius 1 is 1.23 bits per heavy atom. The van der Waals surface area contributed by atoms with E-state index in [0.717, 1.165) is 24.8 Å². The largest absolute Gasteiger partial charge is 0.385 e. The molecular formula is C10H10Cl2O. The molecule has 0 bridgehead atoms. The normalized spacial score (nSPS) is 19.6. The van der Waals surface area contributed by atoms with Gasteiger partial charge >= 0.3 is 0 Å². The summed E-state index contributed by atoms with van der Waals surface area (Å²) < 4.78 is 0. The summed E-state index contributed by atoms with van der Waals surface area (Å²) in [6, 6.07) is 5.39. The third-order valence-corrected chi connectivity index (χ3v) is 3.45. The van der Waals surface area contributed by atoms with Crippen LogP contribution in [0.2, 0.25) is 10.0 Å². The molecule has 1 aromatic rings. The monoisotopic (exact) mass is 216 g/mol. The molecule has 0 atom stereocenters. The Bertz CT molecular complexity index is 332. The van der Waals surface area contributed by atoms with Crippen molar-refractivity contribution in [1.29, 1.82) is 0 Å². The molecule has 0 saturated heterocycles. The third kappa shape index (κ3) is 1.45. The predicted molar refractivity (Wildman–Crippen MR) is 54.2 cm³/mol. The second kappa shape index (κ2) is 3.16. The Morgan fingerprint density at radius 3 is 2.46 bits per heavy atom. The van der Waals surface area contributed by atoms with Crippen molar-refractivity contribution in [3.05, 3.63) is 33.8 Å². The number of benzene rings is 1. The summed E-state index contributed by atoms with van der Waals surface area (Å²) in [5, 5.41) is 11.0. The summed E-state index contributed by atoms with van der Waals surface area (Å²) in [6.07, 6.45) is 2.62. The third-order valence-electron chi connectivity index (χ3n) is 2.63. The van der Waals surface area contributed by atoms with Crippen molar-refractivity contribution in [2.24, 2.45) is 0 Å². The van der Waals surface area contributed by atoms with Crippen LogP contribution >= 0.6 is 23.2 Å². The summed E-state index contributed by atoms with van der Waals surface area (Å²) in [4.78, 5) is 0. The van der Waals surface area contributed by atoms with Crippen LogP contribution in [0.1, 0.15) is 24.8 Å². The van der Waals surface area contributed by atoms with Crippen molar-refractivity contribution in [3.8, 4) is 0 Å². The first-order valence-corrected chi connectivity index (χ1v) is 5.06. The van der Waals surface area contributed by atoms with E-state index in [2.05, 4.69) is 0 Å². The summed E-state index contributed by atoms with van der Waals surface area (Å²) in [6.45, 7) is 0. The van der Waals surface area contributed by atoms with Gasteiger partial charge in [-0.3, -0.25) is 0 Å². The Morgan fingerprint density at radius 2 is 1.92 bits per heavy atom. The van der Waals surface area contributed by atoms with Crippen LogP contribution in [0.3, 0.4) is 0 Å². The van der Waals surface area contributed by atoms with E-state index in [4.69, 9.17) is 23.2 Å². The van der Waals surface area contributed by atoms with Gasteiger partial charge in [0.05, 0.1) is 15.6 Å². The molecule has 1 N–H and O–H groups in total. The fraction of sp³-hybridized carbons (Fsp3) is 0.400. The van der Waals surface area contributed by atoms with E-state index in [0.29, 0.717) is 10.0 Å². The maximum Gasteiger partial charge on any atom is 0.0911 e. The van der Waals surface area contributed by atoms with Gasteiger partial charge in [0.2, 0.25) is 0 Å². The van der Waals surface area contributed by atoms with Crippen LogP contribution in [-0.4, -0.2) is 5.11 Å². The van der Waals surface area contributed by atoms with Crippen LogP contribution in [-0.2, 0) is 5.60 Å². The number of rotatable bonds is 1. The molecule has 3 heteroatoms. The lowest BCUT2D eigenvalue weighted by molar-refractivity contribution is -0.0386. The fourth-order valence-corrected chi connectivity index (χ4v) is 2.12. The molecule has 1 aromatic carbocycles. The van der Waals surface area contributed by atoms with Crippen molar-refractivity contribution in [1.82, 2.24) is 0 Å². The molecule has 2 rings (SSSR count). The second-order valence-electron chi connectivity index (χ2n) is 3.49. The molecule has 1 nitrogen and oxygen atoms in total. The van der Waals surface area contributed by atoms with Gasteiger partial charge in [-0.2, -0.15) is 0 Å². The maximum absolute atomic E-state index is 10.0. The molecule has 0 radical (unpaired) electrons. The van der Waals surface area contributed by atoms with E-state index in [9.17, 15) is 5.11 Å². The lowest BCUT2D eigenvalue weighted by Gasteiger charge is -2.37. The van der Waals surface area contributed by atoms with Crippen molar-refractivity contribution in [2.75, 3.05) is 0 Å². The molecule has 70 valence electrons. The van der Waals surface area contributed by atoms with E-state index in [1.54, 1.807) is 6.07 Å². The molecule has 0 amide bonds. The second-order valence-corrected chi connectivity index (χ2v) is 4.27. The minimum Gasteiger partial charge on any atom is -0.385 e. The summed E-state index contributed by atoms with van der Waals surface area (Å²) in [5.74, 6) is 0. The molecule has 13 heavy (non-hydrogen) atoms. The highest BCUT2D eigenvalue weighted by Gasteiger charge is 2.38. The Labute approximate surface area is 87.3 Å². The Hall–Kier alpha value is -0.240. The van der Waals surface area contributed by atoms with Gasteiger partial charge in [0.15, 0.2) is 0 Å². The standard InChI is InChI=1S/C10H10Cl2O/c11-8-4-1-3-7(9(8)12)10(13)5-2-6-10/h1,3-4,13H,2,5-6H2. The molecule has 0 heterocycles. The zero-order chi connectivity index (χ0) is 9.47. The Kier molecular flexibility index (Phi) is 2.26. The molecule has 0 aliphatic heterocycles. The van der Waals surface area contributed by atoms with Gasteiger partial charge in [0.25, 0.3) is 0 Å². The van der Waals surface area contributed by atoms with Crippen molar-refractivity contribution >= 4 is 23.2 Å². The van der Waals surface area contributed by atoms with E-state index in [1.165, 1.54) is 0 Å². The topological polar surface area (TPSA) is 20.2 Å². The molecule has 1 fully saturated rings. The van der Waals surface area contributed by atoms with Gasteiger partial charge in [-0.25, -0.2) is 0 Å². The first-order chi connectivity index (χ1) is 6.13. The summed E-state index contributed by atoms with van der Waals surface area (Å²) in [7, 11) is 0. The lowest BCUT2D eigenvalue weighted by atomic mass is 9.75. The van der Waals surface area contributed by atoms with E-state index >= 15 is 0 Å². The SMILES string of the molecule is OC1(c2cccc(Cl)c2Cl)CCC1. The van der Waals surface area contributed by atoms with Gasteiger partial charge in [-0.15, -0.1) is 0 Å². The fourth-order valence-electron chi connectivity index (χ4n) is 1.64. The summed E-state index contributed by atoms with van der Waals surface area (Å²) >= 11 is 11.9. The van der Waals surface area contributed by atoms with Crippen molar-refractivity contribution in [3.63, 3.8) is 0 Å². The van der Waals surface area contributed by atoms with Crippen LogP contribution in [0.5, 0.6) is 0 Å². The van der Waals surface area contributed by atoms with Gasteiger partial charge in [0.1, 0.15) is 0 Å². The van der Waals surface area contributed by atoms with E-state index < -0.39 is 5.60 Å². The number of hydrogen-bond acceptors (Lipinski definition) is 1. The molecular weight excluding hydrogens is 207 g/mol. The number of hydrogen-bond donors (Lipinski definition) is 1. The smallest absolute Gasteiger partial charge is 0.0911 e. The molecule has 0 spiro atoms. The van der Waals surface area contributed by atoms with Crippen molar-refractivity contribution in [2.45, 2.75) is 24.9 Å². The van der Waals surface area contributed by atoms with Gasteiger partial charge in [-0.1, -0.05) is 35.3 Å². The Balaban J connectivity index is 2.45. The van der Waals surface area contributed by atoms with E-state index in [1.807, 2.05) is 12.1 Å². The lowest BCUT2D eigenvalue weighted by Crippen LogP contribution is -2.33. The first kappa shape index (κ1) is 9.32. The molecule has 1 aliphatic carbocycles. The van der Waals surface area contributed by atoms with Gasteiger partial charge in [0, 0.05) is 5.56 Å². The zero-order valence-corrected chi connectivity index (χ0v) is 8.57. The van der Waals surface area contributed by atoms with Crippen LogP contribution in [0, 0.1) is 0 Å². The molecule has 1 saturated carbocycles. The quantitative estimate of drug-likeness (QED) is 0.764. The minimum absolute atomic E-state index is 0.492. The molecule has 0 aromatic heterocycles. The van der Waals surface area contributed by atoms with E-state index in [-0.39, 0.29) is 0 Å². The predicted octanol–water partition coefficient (Wildman–Crippen LogP) is 3.36. The maximum atomic E-state index is 10.0. The van der Waals surface area contributed by atoms with Crippen LogP contribution in [0.25, 0.3) is 0 Å². The molecule has 1 aliphatic rings. The van der Waals surface area contributed by atoms with Crippen LogP contribution in [0.15, 0.2) is 18.2 Å². The molecule has 0 unspecified atom stereocenters. The number of halogens is 2. The summed E-state index contributed by atoms with van der Waals surface area (Å²) in [5.41, 5.74) is 0.0510.